The third-order valence-corrected chi connectivity index (χ3v) is 4.12. The Bertz CT molecular complexity index is 740. The fourth-order valence-corrected chi connectivity index (χ4v) is 2.94. The Morgan fingerprint density at radius 1 is 1.30 bits per heavy atom. The van der Waals surface area contributed by atoms with E-state index in [2.05, 4.69) is 15.7 Å². The second kappa shape index (κ2) is 5.29. The van der Waals surface area contributed by atoms with Crippen molar-refractivity contribution in [1.29, 1.82) is 0 Å². The summed E-state index contributed by atoms with van der Waals surface area (Å²) in [7, 11) is 1.58. The molecule has 0 saturated heterocycles. The molecule has 1 aliphatic carbocycles. The minimum atomic E-state index is -4.59. The number of carbonyl (C=O) groups excluding carboxylic acids is 1. The van der Waals surface area contributed by atoms with E-state index in [0.29, 0.717) is 11.4 Å². The first-order chi connectivity index (χ1) is 10.8. The molecule has 0 aliphatic heterocycles. The van der Waals surface area contributed by atoms with Gasteiger partial charge in [0.15, 0.2) is 5.54 Å². The number of amides is 2. The van der Waals surface area contributed by atoms with E-state index in [1.54, 1.807) is 25.2 Å². The molecule has 1 atom stereocenters. The molecule has 1 unspecified atom stereocenters. The van der Waals surface area contributed by atoms with Gasteiger partial charge >= 0.3 is 12.2 Å². The summed E-state index contributed by atoms with van der Waals surface area (Å²) in [5, 5.41) is 8.39. The van der Waals surface area contributed by atoms with Crippen LogP contribution < -0.4 is 10.6 Å². The van der Waals surface area contributed by atoms with Crippen LogP contribution in [0.4, 0.5) is 23.8 Å². The minimum Gasteiger partial charge on any atom is -0.320 e. The standard InChI is InChI=1S/C15H15F3N4O/c1-22-12(7-9-19-22)20-13(23)21-14(15(16,17)18)8-6-10-4-2-3-5-11(10)14/h2-5,7,9H,6,8H2,1H3,(H2,20,21,23). The van der Waals surface area contributed by atoms with E-state index >= 15 is 0 Å². The topological polar surface area (TPSA) is 59.0 Å². The summed E-state index contributed by atoms with van der Waals surface area (Å²) >= 11 is 0. The molecule has 2 aromatic rings. The summed E-state index contributed by atoms with van der Waals surface area (Å²) in [4.78, 5) is 12.1. The van der Waals surface area contributed by atoms with Gasteiger partial charge in [0.2, 0.25) is 0 Å². The van der Waals surface area contributed by atoms with E-state index in [-0.39, 0.29) is 18.4 Å². The fourth-order valence-electron chi connectivity index (χ4n) is 2.94. The number of carbonyl (C=O) groups is 1. The predicted octanol–water partition coefficient (Wildman–Crippen LogP) is 2.95. The molecule has 0 spiro atoms. The van der Waals surface area contributed by atoms with Crippen molar-refractivity contribution in [2.45, 2.75) is 24.6 Å². The van der Waals surface area contributed by atoms with Crippen molar-refractivity contribution < 1.29 is 18.0 Å². The number of hydrogen-bond acceptors (Lipinski definition) is 2. The predicted molar refractivity (Wildman–Crippen MR) is 77.9 cm³/mol. The fraction of sp³-hybridized carbons (Fsp3) is 0.333. The molecule has 2 N–H and O–H groups in total. The molecule has 2 amide bonds. The SMILES string of the molecule is Cn1nccc1NC(=O)NC1(C(F)(F)F)CCc2ccccc21. The van der Waals surface area contributed by atoms with Gasteiger partial charge in [0.05, 0.1) is 6.20 Å². The number of rotatable bonds is 2. The van der Waals surface area contributed by atoms with Crippen LogP contribution in [0.15, 0.2) is 36.5 Å². The van der Waals surface area contributed by atoms with Gasteiger partial charge in [0.25, 0.3) is 0 Å². The van der Waals surface area contributed by atoms with Crippen molar-refractivity contribution in [3.05, 3.63) is 47.7 Å². The second-order valence-corrected chi connectivity index (χ2v) is 5.48. The van der Waals surface area contributed by atoms with Crippen LogP contribution in [0.25, 0.3) is 0 Å². The third-order valence-electron chi connectivity index (χ3n) is 4.12. The van der Waals surface area contributed by atoms with E-state index in [0.717, 1.165) is 0 Å². The van der Waals surface area contributed by atoms with Crippen molar-refractivity contribution in [2.75, 3.05) is 5.32 Å². The summed E-state index contributed by atoms with van der Waals surface area (Å²) in [6, 6.07) is 6.90. The van der Waals surface area contributed by atoms with E-state index in [9.17, 15) is 18.0 Å². The summed E-state index contributed by atoms with van der Waals surface area (Å²) in [5.74, 6) is 0.311. The van der Waals surface area contributed by atoms with Gasteiger partial charge in [-0.1, -0.05) is 24.3 Å². The van der Waals surface area contributed by atoms with Gasteiger partial charge in [-0.15, -0.1) is 0 Å². The Kier molecular flexibility index (Phi) is 3.54. The van der Waals surface area contributed by atoms with Gasteiger partial charge in [-0.2, -0.15) is 18.3 Å². The number of alkyl halides is 3. The monoisotopic (exact) mass is 324 g/mol. The van der Waals surface area contributed by atoms with E-state index in [4.69, 9.17) is 0 Å². The first kappa shape index (κ1) is 15.4. The highest BCUT2D eigenvalue weighted by molar-refractivity contribution is 5.89. The largest absolute Gasteiger partial charge is 0.415 e. The van der Waals surface area contributed by atoms with E-state index < -0.39 is 17.7 Å². The van der Waals surface area contributed by atoms with Crippen LogP contribution in [0, 0.1) is 0 Å². The quantitative estimate of drug-likeness (QED) is 0.892. The van der Waals surface area contributed by atoms with Gasteiger partial charge in [-0.25, -0.2) is 4.79 Å². The molecule has 1 aliphatic rings. The van der Waals surface area contributed by atoms with Crippen molar-refractivity contribution in [1.82, 2.24) is 15.1 Å². The average Bonchev–Trinajstić information content (AvgIpc) is 3.04. The molecule has 0 fully saturated rings. The van der Waals surface area contributed by atoms with Crippen LogP contribution in [0.2, 0.25) is 0 Å². The van der Waals surface area contributed by atoms with Crippen LogP contribution in [0.3, 0.4) is 0 Å². The molecule has 1 heterocycles. The number of hydrogen-bond donors (Lipinski definition) is 2. The van der Waals surface area contributed by atoms with Crippen molar-refractivity contribution in [3.8, 4) is 0 Å². The number of aromatic nitrogens is 2. The lowest BCUT2D eigenvalue weighted by Crippen LogP contribution is -2.55. The lowest BCUT2D eigenvalue weighted by atomic mass is 9.91. The molecule has 0 bridgehead atoms. The summed E-state index contributed by atoms with van der Waals surface area (Å²) < 4.78 is 42.6. The molecule has 3 rings (SSSR count). The summed E-state index contributed by atoms with van der Waals surface area (Å²) in [6.07, 6.45) is -3.10. The number of nitrogens with one attached hydrogen (secondary N) is 2. The number of fused-ring (bicyclic) bond motifs is 1. The van der Waals surface area contributed by atoms with Crippen LogP contribution in [-0.2, 0) is 19.0 Å². The highest BCUT2D eigenvalue weighted by Crippen LogP contribution is 2.48. The normalized spacial score (nSPS) is 20.2. The first-order valence-electron chi connectivity index (χ1n) is 7.06. The van der Waals surface area contributed by atoms with Crippen LogP contribution >= 0.6 is 0 Å². The first-order valence-corrected chi connectivity index (χ1v) is 7.06. The van der Waals surface area contributed by atoms with Crippen LogP contribution in [-0.4, -0.2) is 22.0 Å². The van der Waals surface area contributed by atoms with E-state index in [1.165, 1.54) is 23.0 Å². The molecule has 1 aromatic heterocycles. The second-order valence-electron chi connectivity index (χ2n) is 5.48. The summed E-state index contributed by atoms with van der Waals surface area (Å²) in [6.45, 7) is 0. The Hall–Kier alpha value is -2.51. The zero-order chi connectivity index (χ0) is 16.7. The number of anilines is 1. The molecule has 5 nitrogen and oxygen atoms in total. The molecule has 1 aromatic carbocycles. The highest BCUT2D eigenvalue weighted by Gasteiger charge is 2.59. The lowest BCUT2D eigenvalue weighted by Gasteiger charge is -2.33. The van der Waals surface area contributed by atoms with E-state index in [1.807, 2.05) is 0 Å². The van der Waals surface area contributed by atoms with Crippen LogP contribution in [0.1, 0.15) is 17.5 Å². The Labute approximate surface area is 130 Å². The highest BCUT2D eigenvalue weighted by atomic mass is 19.4. The minimum absolute atomic E-state index is 0.104. The van der Waals surface area contributed by atoms with Crippen molar-refractivity contribution in [3.63, 3.8) is 0 Å². The molecule has 23 heavy (non-hydrogen) atoms. The maximum absolute atomic E-state index is 13.8. The Morgan fingerprint density at radius 2 is 2.04 bits per heavy atom. The molecule has 122 valence electrons. The molecule has 8 heteroatoms. The number of urea groups is 1. The maximum Gasteiger partial charge on any atom is 0.415 e. The maximum atomic E-state index is 13.8. The summed E-state index contributed by atoms with van der Waals surface area (Å²) in [5.41, 5.74) is -1.66. The van der Waals surface area contributed by atoms with Gasteiger partial charge in [-0.3, -0.25) is 10.00 Å². The Balaban J connectivity index is 1.90. The number of nitrogens with zero attached hydrogens (tertiary/aromatic N) is 2. The average molecular weight is 324 g/mol. The number of benzene rings is 1. The molecule has 0 saturated carbocycles. The van der Waals surface area contributed by atoms with Gasteiger partial charge in [-0.05, 0) is 24.0 Å². The zero-order valence-corrected chi connectivity index (χ0v) is 12.3. The van der Waals surface area contributed by atoms with Crippen molar-refractivity contribution in [2.24, 2.45) is 7.05 Å². The zero-order valence-electron chi connectivity index (χ0n) is 12.3. The molecular formula is C15H15F3N4O. The van der Waals surface area contributed by atoms with Gasteiger partial charge in [0, 0.05) is 13.1 Å². The Morgan fingerprint density at radius 3 is 2.70 bits per heavy atom. The molecule has 0 radical (unpaired) electrons. The molecular weight excluding hydrogens is 309 g/mol. The third kappa shape index (κ3) is 2.54. The number of aryl methyl sites for hydroxylation is 2. The van der Waals surface area contributed by atoms with Crippen LogP contribution in [0.5, 0.6) is 0 Å². The number of halogens is 3. The van der Waals surface area contributed by atoms with Crippen molar-refractivity contribution >= 4 is 11.8 Å². The van der Waals surface area contributed by atoms with Gasteiger partial charge < -0.3 is 5.32 Å². The lowest BCUT2D eigenvalue weighted by molar-refractivity contribution is -0.196. The van der Waals surface area contributed by atoms with Gasteiger partial charge in [0.1, 0.15) is 5.82 Å². The smallest absolute Gasteiger partial charge is 0.320 e.